The number of carbonyl (C=O) groups excluding carboxylic acids is 2. The van der Waals surface area contributed by atoms with E-state index in [4.69, 9.17) is 4.74 Å². The van der Waals surface area contributed by atoms with E-state index >= 15 is 0 Å². The van der Waals surface area contributed by atoms with Crippen LogP contribution in [0.1, 0.15) is 27.9 Å². The fraction of sp³-hybridized carbons (Fsp3) is 0.174. The first-order valence-corrected chi connectivity index (χ1v) is 10.6. The van der Waals surface area contributed by atoms with E-state index < -0.39 is 0 Å². The molecule has 0 atom stereocenters. The van der Waals surface area contributed by atoms with Gasteiger partial charge < -0.3 is 15.4 Å². The van der Waals surface area contributed by atoms with Crippen molar-refractivity contribution in [1.29, 1.82) is 0 Å². The maximum absolute atomic E-state index is 13.2. The number of halogens is 1. The van der Waals surface area contributed by atoms with Crippen molar-refractivity contribution < 1.29 is 18.7 Å². The second-order valence-electron chi connectivity index (χ2n) is 7.25. The first-order valence-electron chi connectivity index (χ1n) is 9.82. The molecular formula is C23H21FN4O3S. The summed E-state index contributed by atoms with van der Waals surface area (Å²) >= 11 is 1.33. The van der Waals surface area contributed by atoms with Crippen molar-refractivity contribution in [2.75, 3.05) is 17.7 Å². The third-order valence-electron chi connectivity index (χ3n) is 4.84. The highest BCUT2D eigenvalue weighted by Crippen LogP contribution is 2.32. The lowest BCUT2D eigenvalue weighted by molar-refractivity contribution is -0.114. The molecule has 0 aliphatic rings. The Hall–Kier alpha value is -3.72. The Bertz CT molecular complexity index is 1310. The highest BCUT2D eigenvalue weighted by molar-refractivity contribution is 7.20. The summed E-state index contributed by atoms with van der Waals surface area (Å²) in [6.45, 7) is 3.77. The molecule has 0 aliphatic heterocycles. The number of aromatic nitrogens is 2. The minimum Gasteiger partial charge on any atom is -0.495 e. The van der Waals surface area contributed by atoms with E-state index in [1.54, 1.807) is 30.3 Å². The lowest BCUT2D eigenvalue weighted by Crippen LogP contribution is -2.12. The number of thiophene rings is 1. The molecule has 0 spiro atoms. The lowest BCUT2D eigenvalue weighted by Gasteiger charge is -2.12. The van der Waals surface area contributed by atoms with Crippen LogP contribution in [-0.2, 0) is 11.3 Å². The summed E-state index contributed by atoms with van der Waals surface area (Å²) in [6.07, 6.45) is 0. The summed E-state index contributed by atoms with van der Waals surface area (Å²) in [6, 6.07) is 13.1. The highest BCUT2D eigenvalue weighted by atomic mass is 32.1. The normalized spacial score (nSPS) is 10.9. The Kier molecular flexibility index (Phi) is 5.91. The van der Waals surface area contributed by atoms with Gasteiger partial charge in [-0.25, -0.2) is 4.39 Å². The van der Waals surface area contributed by atoms with Gasteiger partial charge in [-0.3, -0.25) is 14.3 Å². The van der Waals surface area contributed by atoms with Crippen LogP contribution in [0, 0.1) is 12.7 Å². The first-order chi connectivity index (χ1) is 15.3. The van der Waals surface area contributed by atoms with Gasteiger partial charge in [0.15, 0.2) is 0 Å². The van der Waals surface area contributed by atoms with Crippen LogP contribution in [0.3, 0.4) is 0 Å². The minimum absolute atomic E-state index is 0.210. The number of aryl methyl sites for hydroxylation is 1. The smallest absolute Gasteiger partial charge is 0.265 e. The maximum Gasteiger partial charge on any atom is 0.265 e. The number of fused-ring (bicyclic) bond motifs is 1. The van der Waals surface area contributed by atoms with Crippen molar-refractivity contribution in [2.45, 2.75) is 20.4 Å². The molecule has 4 aromatic rings. The zero-order valence-electron chi connectivity index (χ0n) is 17.7. The van der Waals surface area contributed by atoms with Crippen LogP contribution in [-0.4, -0.2) is 28.7 Å². The molecule has 0 bridgehead atoms. The van der Waals surface area contributed by atoms with Gasteiger partial charge in [-0.2, -0.15) is 5.10 Å². The predicted octanol–water partition coefficient (Wildman–Crippen LogP) is 4.81. The monoisotopic (exact) mass is 452 g/mol. The molecule has 9 heteroatoms. The molecule has 4 rings (SSSR count). The Morgan fingerprint density at radius 2 is 1.88 bits per heavy atom. The Morgan fingerprint density at radius 3 is 2.56 bits per heavy atom. The number of methoxy groups -OCH3 is 1. The molecule has 2 amide bonds. The summed E-state index contributed by atoms with van der Waals surface area (Å²) in [5.74, 6) is -0.314. The van der Waals surface area contributed by atoms with Gasteiger partial charge in [0, 0.05) is 18.0 Å². The lowest BCUT2D eigenvalue weighted by atomic mass is 10.2. The van der Waals surface area contributed by atoms with Gasteiger partial charge in [0.2, 0.25) is 5.91 Å². The Labute approximate surface area is 187 Å². The second kappa shape index (κ2) is 8.80. The number of anilines is 2. The molecule has 0 unspecified atom stereocenters. The standard InChI is InChI=1S/C23H21FN4O3S/c1-13-18-11-21(32-23(18)28(27-13)12-15-4-6-16(24)7-5-15)22(30)26-19-10-17(25-14(2)29)8-9-20(19)31-3/h4-11H,12H2,1-3H3,(H,25,29)(H,26,30). The van der Waals surface area contributed by atoms with Crippen LogP contribution < -0.4 is 15.4 Å². The highest BCUT2D eigenvalue weighted by Gasteiger charge is 2.18. The van der Waals surface area contributed by atoms with E-state index in [-0.39, 0.29) is 17.6 Å². The number of amides is 2. The average molecular weight is 453 g/mol. The first kappa shape index (κ1) is 21.5. The van der Waals surface area contributed by atoms with Crippen molar-refractivity contribution in [3.63, 3.8) is 0 Å². The van der Waals surface area contributed by atoms with Crippen LogP contribution in [0.5, 0.6) is 5.75 Å². The fourth-order valence-corrected chi connectivity index (χ4v) is 4.42. The Balaban J connectivity index is 1.61. The predicted molar refractivity (Wildman–Crippen MR) is 123 cm³/mol. The molecule has 2 N–H and O–H groups in total. The molecule has 32 heavy (non-hydrogen) atoms. The van der Waals surface area contributed by atoms with E-state index in [9.17, 15) is 14.0 Å². The van der Waals surface area contributed by atoms with Crippen LogP contribution in [0.15, 0.2) is 48.5 Å². The quantitative estimate of drug-likeness (QED) is 0.440. The molecule has 0 saturated carbocycles. The van der Waals surface area contributed by atoms with Crippen molar-refractivity contribution in [3.05, 3.63) is 70.5 Å². The molecule has 2 aromatic carbocycles. The SMILES string of the molecule is COc1ccc(NC(C)=O)cc1NC(=O)c1cc2c(C)nn(Cc3ccc(F)cc3)c2s1. The third kappa shape index (κ3) is 4.47. The van der Waals surface area contributed by atoms with E-state index in [1.165, 1.54) is 37.5 Å². The van der Waals surface area contributed by atoms with Gasteiger partial charge >= 0.3 is 0 Å². The van der Waals surface area contributed by atoms with Crippen LogP contribution >= 0.6 is 11.3 Å². The zero-order valence-corrected chi connectivity index (χ0v) is 18.5. The molecule has 7 nitrogen and oxygen atoms in total. The van der Waals surface area contributed by atoms with Crippen LogP contribution in [0.4, 0.5) is 15.8 Å². The maximum atomic E-state index is 13.2. The number of benzene rings is 2. The number of rotatable bonds is 6. The summed E-state index contributed by atoms with van der Waals surface area (Å²) < 4.78 is 20.4. The number of nitrogens with one attached hydrogen (secondary N) is 2. The second-order valence-corrected chi connectivity index (χ2v) is 8.28. The minimum atomic E-state index is -0.294. The molecular weight excluding hydrogens is 431 g/mol. The van der Waals surface area contributed by atoms with E-state index in [0.29, 0.717) is 28.5 Å². The molecule has 0 aliphatic carbocycles. The third-order valence-corrected chi connectivity index (χ3v) is 5.99. The molecule has 0 radical (unpaired) electrons. The van der Waals surface area contributed by atoms with Gasteiger partial charge in [-0.05, 0) is 48.9 Å². The topological polar surface area (TPSA) is 85.2 Å². The van der Waals surface area contributed by atoms with Gasteiger partial charge in [-0.15, -0.1) is 11.3 Å². The molecule has 2 aromatic heterocycles. The van der Waals surface area contributed by atoms with E-state index in [1.807, 2.05) is 17.7 Å². The summed E-state index contributed by atoms with van der Waals surface area (Å²) in [7, 11) is 1.51. The van der Waals surface area contributed by atoms with Gasteiger partial charge in [0.1, 0.15) is 16.4 Å². The fourth-order valence-electron chi connectivity index (χ4n) is 3.37. The molecule has 0 fully saturated rings. The summed E-state index contributed by atoms with van der Waals surface area (Å²) in [4.78, 5) is 25.7. The number of carbonyl (C=O) groups is 2. The zero-order chi connectivity index (χ0) is 22.8. The summed E-state index contributed by atoms with van der Waals surface area (Å²) in [5, 5.41) is 11.0. The summed E-state index contributed by atoms with van der Waals surface area (Å²) in [5.41, 5.74) is 2.72. The molecule has 2 heterocycles. The van der Waals surface area contributed by atoms with Crippen LogP contribution in [0.25, 0.3) is 10.2 Å². The van der Waals surface area contributed by atoms with E-state index in [2.05, 4.69) is 15.7 Å². The molecule has 0 saturated heterocycles. The van der Waals surface area contributed by atoms with Crippen molar-refractivity contribution in [1.82, 2.24) is 9.78 Å². The van der Waals surface area contributed by atoms with Crippen molar-refractivity contribution >= 4 is 44.7 Å². The average Bonchev–Trinajstić information content (AvgIpc) is 3.31. The molecule has 164 valence electrons. The van der Waals surface area contributed by atoms with Crippen molar-refractivity contribution in [2.24, 2.45) is 0 Å². The number of hydrogen-bond donors (Lipinski definition) is 2. The van der Waals surface area contributed by atoms with Gasteiger partial charge in [0.25, 0.3) is 5.91 Å². The number of ether oxygens (including phenoxy) is 1. The van der Waals surface area contributed by atoms with Crippen LogP contribution in [0.2, 0.25) is 0 Å². The van der Waals surface area contributed by atoms with E-state index in [0.717, 1.165) is 21.5 Å². The number of hydrogen-bond acceptors (Lipinski definition) is 5. The Morgan fingerprint density at radius 1 is 1.12 bits per heavy atom. The number of nitrogens with zero attached hydrogens (tertiary/aromatic N) is 2. The largest absolute Gasteiger partial charge is 0.495 e. The van der Waals surface area contributed by atoms with Gasteiger partial charge in [-0.1, -0.05) is 12.1 Å². The van der Waals surface area contributed by atoms with Crippen molar-refractivity contribution in [3.8, 4) is 5.75 Å². The van der Waals surface area contributed by atoms with Gasteiger partial charge in [0.05, 0.1) is 29.9 Å².